The van der Waals surface area contributed by atoms with E-state index in [1.807, 2.05) is 13.8 Å². The molecule has 1 rings (SSSR count). The van der Waals surface area contributed by atoms with Gasteiger partial charge in [-0.2, -0.15) is 0 Å². The monoisotopic (exact) mass is 339 g/mol. The lowest BCUT2D eigenvalue weighted by molar-refractivity contribution is 0.0770. The molecular formula is C13H16ClF2NO3S. The van der Waals surface area contributed by atoms with Crippen LogP contribution in [0.15, 0.2) is 17.0 Å². The van der Waals surface area contributed by atoms with E-state index < -0.39 is 37.1 Å². The number of amides is 1. The zero-order valence-electron chi connectivity index (χ0n) is 11.9. The molecule has 1 atom stereocenters. The van der Waals surface area contributed by atoms with Crippen molar-refractivity contribution in [1.29, 1.82) is 0 Å². The first-order valence-electron chi connectivity index (χ1n) is 6.27. The smallest absolute Gasteiger partial charge is 0.264 e. The molecule has 0 bridgehead atoms. The first kappa shape index (κ1) is 17.8. The minimum atomic E-state index is -4.40. The molecule has 0 heterocycles. The van der Waals surface area contributed by atoms with Gasteiger partial charge < -0.3 is 4.90 Å². The topological polar surface area (TPSA) is 54.5 Å². The van der Waals surface area contributed by atoms with Gasteiger partial charge in [0.25, 0.3) is 15.0 Å². The van der Waals surface area contributed by atoms with Crippen molar-refractivity contribution in [3.8, 4) is 0 Å². The summed E-state index contributed by atoms with van der Waals surface area (Å²) in [6, 6.07) is 0.974. The van der Waals surface area contributed by atoms with Crippen LogP contribution in [0.4, 0.5) is 8.78 Å². The van der Waals surface area contributed by atoms with Gasteiger partial charge in [-0.05, 0) is 12.0 Å². The lowest BCUT2D eigenvalue weighted by Crippen LogP contribution is -2.31. The van der Waals surface area contributed by atoms with Crippen LogP contribution in [0.2, 0.25) is 0 Å². The molecule has 0 fully saturated rings. The molecule has 1 unspecified atom stereocenters. The predicted octanol–water partition coefficient (Wildman–Crippen LogP) is 3.01. The minimum Gasteiger partial charge on any atom is -0.341 e. The lowest BCUT2D eigenvalue weighted by atomic mass is 10.1. The maximum Gasteiger partial charge on any atom is 0.264 e. The molecule has 0 N–H and O–H groups in total. The van der Waals surface area contributed by atoms with Crippen molar-refractivity contribution in [3.05, 3.63) is 29.3 Å². The molecule has 118 valence electrons. The normalized spacial score (nSPS) is 13.0. The number of hydrogen-bond acceptors (Lipinski definition) is 3. The number of benzene rings is 1. The molecule has 1 aromatic rings. The van der Waals surface area contributed by atoms with E-state index in [-0.39, 0.29) is 5.92 Å². The zero-order valence-corrected chi connectivity index (χ0v) is 13.4. The Morgan fingerprint density at radius 1 is 1.33 bits per heavy atom. The Balaban J connectivity index is 3.22. The van der Waals surface area contributed by atoms with E-state index in [1.54, 1.807) is 0 Å². The fraction of sp³-hybridized carbons (Fsp3) is 0.462. The third-order valence-corrected chi connectivity index (χ3v) is 4.48. The Labute approximate surface area is 127 Å². The molecule has 21 heavy (non-hydrogen) atoms. The average Bonchev–Trinajstić information content (AvgIpc) is 2.36. The van der Waals surface area contributed by atoms with Gasteiger partial charge in [-0.1, -0.05) is 20.3 Å². The van der Waals surface area contributed by atoms with E-state index >= 15 is 0 Å². The number of hydrogen-bond donors (Lipinski definition) is 0. The summed E-state index contributed by atoms with van der Waals surface area (Å²) in [4.78, 5) is 12.5. The van der Waals surface area contributed by atoms with Crippen molar-refractivity contribution in [2.45, 2.75) is 25.2 Å². The molecule has 0 saturated heterocycles. The molecule has 4 nitrogen and oxygen atoms in total. The number of halogens is 3. The van der Waals surface area contributed by atoms with Crippen LogP contribution in [0.25, 0.3) is 0 Å². The molecule has 0 radical (unpaired) electrons. The second-order valence-electron chi connectivity index (χ2n) is 4.90. The molecule has 0 spiro atoms. The Hall–Kier alpha value is -1.21. The van der Waals surface area contributed by atoms with Crippen LogP contribution in [-0.2, 0) is 9.05 Å². The van der Waals surface area contributed by atoms with E-state index in [1.165, 1.54) is 11.9 Å². The second kappa shape index (κ2) is 6.70. The van der Waals surface area contributed by atoms with Gasteiger partial charge in [-0.3, -0.25) is 4.79 Å². The molecule has 8 heteroatoms. The largest absolute Gasteiger partial charge is 0.341 e. The van der Waals surface area contributed by atoms with Crippen LogP contribution >= 0.6 is 10.7 Å². The fourth-order valence-electron chi connectivity index (χ4n) is 1.77. The zero-order chi connectivity index (χ0) is 16.4. The number of carbonyl (C=O) groups excluding carboxylic acids is 1. The Morgan fingerprint density at radius 3 is 2.38 bits per heavy atom. The minimum absolute atomic E-state index is 0.193. The molecule has 1 aromatic carbocycles. The summed E-state index contributed by atoms with van der Waals surface area (Å²) in [6.45, 7) is 4.23. The van der Waals surface area contributed by atoms with Gasteiger partial charge in [0.1, 0.15) is 16.5 Å². The van der Waals surface area contributed by atoms with Crippen LogP contribution in [-0.4, -0.2) is 32.8 Å². The van der Waals surface area contributed by atoms with Gasteiger partial charge in [0.05, 0.1) is 5.56 Å². The summed E-state index contributed by atoms with van der Waals surface area (Å²) >= 11 is 0. The Kier molecular flexibility index (Phi) is 5.69. The summed E-state index contributed by atoms with van der Waals surface area (Å²) < 4.78 is 49.6. The molecule has 0 saturated carbocycles. The van der Waals surface area contributed by atoms with Crippen molar-refractivity contribution in [1.82, 2.24) is 4.90 Å². The van der Waals surface area contributed by atoms with Gasteiger partial charge in [-0.25, -0.2) is 17.2 Å². The van der Waals surface area contributed by atoms with Gasteiger partial charge in [0.15, 0.2) is 0 Å². The van der Waals surface area contributed by atoms with Gasteiger partial charge in [0, 0.05) is 30.3 Å². The summed E-state index contributed by atoms with van der Waals surface area (Å²) in [7, 11) is 2.13. The first-order chi connectivity index (χ1) is 9.57. The van der Waals surface area contributed by atoms with E-state index in [4.69, 9.17) is 10.7 Å². The summed E-state index contributed by atoms with van der Waals surface area (Å²) in [5.74, 6) is -2.99. The SMILES string of the molecule is CCC(C)CN(C)C(=O)c1cc(S(=O)(=O)Cl)c(F)cc1F. The number of carbonyl (C=O) groups is 1. The molecule has 0 aromatic heterocycles. The summed E-state index contributed by atoms with van der Waals surface area (Å²) in [5, 5.41) is 0. The fourth-order valence-corrected chi connectivity index (χ4v) is 2.67. The van der Waals surface area contributed by atoms with Crippen molar-refractivity contribution in [3.63, 3.8) is 0 Å². The van der Waals surface area contributed by atoms with Crippen LogP contribution < -0.4 is 0 Å². The standard InChI is InChI=1S/C13H16ClF2NO3S/c1-4-8(2)7-17(3)13(18)9-5-12(21(14,19)20)11(16)6-10(9)15/h5-6,8H,4,7H2,1-3H3. The van der Waals surface area contributed by atoms with Crippen LogP contribution in [0.5, 0.6) is 0 Å². The van der Waals surface area contributed by atoms with Crippen LogP contribution in [0.1, 0.15) is 30.6 Å². The highest BCUT2D eigenvalue weighted by molar-refractivity contribution is 8.13. The van der Waals surface area contributed by atoms with E-state index in [0.717, 1.165) is 6.42 Å². The number of rotatable bonds is 5. The quantitative estimate of drug-likeness (QED) is 0.775. The van der Waals surface area contributed by atoms with E-state index in [2.05, 4.69) is 0 Å². The maximum absolute atomic E-state index is 13.7. The van der Waals surface area contributed by atoms with Crippen LogP contribution in [0.3, 0.4) is 0 Å². The number of nitrogens with zero attached hydrogens (tertiary/aromatic N) is 1. The highest BCUT2D eigenvalue weighted by atomic mass is 35.7. The molecule has 0 aliphatic rings. The van der Waals surface area contributed by atoms with Crippen molar-refractivity contribution in [2.75, 3.05) is 13.6 Å². The average molecular weight is 340 g/mol. The van der Waals surface area contributed by atoms with Crippen molar-refractivity contribution < 1.29 is 22.0 Å². The molecule has 1 amide bonds. The molecule has 0 aliphatic carbocycles. The first-order valence-corrected chi connectivity index (χ1v) is 8.58. The molecular weight excluding hydrogens is 324 g/mol. The third-order valence-electron chi connectivity index (χ3n) is 3.14. The van der Waals surface area contributed by atoms with Crippen molar-refractivity contribution >= 4 is 25.6 Å². The van der Waals surface area contributed by atoms with Gasteiger partial charge in [-0.15, -0.1) is 0 Å². The lowest BCUT2D eigenvalue weighted by Gasteiger charge is -2.21. The molecule has 0 aliphatic heterocycles. The third kappa shape index (κ3) is 4.38. The maximum atomic E-state index is 13.7. The van der Waals surface area contributed by atoms with E-state index in [0.29, 0.717) is 18.7 Å². The predicted molar refractivity (Wildman–Crippen MR) is 75.8 cm³/mol. The van der Waals surface area contributed by atoms with E-state index in [9.17, 15) is 22.0 Å². The van der Waals surface area contributed by atoms with Gasteiger partial charge >= 0.3 is 0 Å². The highest BCUT2D eigenvalue weighted by Crippen LogP contribution is 2.23. The summed E-state index contributed by atoms with van der Waals surface area (Å²) in [5.41, 5.74) is -0.526. The highest BCUT2D eigenvalue weighted by Gasteiger charge is 2.24. The summed E-state index contributed by atoms with van der Waals surface area (Å²) in [6.07, 6.45) is 0.824. The Bertz CT molecular complexity index is 649. The van der Waals surface area contributed by atoms with Crippen molar-refractivity contribution in [2.24, 2.45) is 5.92 Å². The Morgan fingerprint density at radius 2 is 1.90 bits per heavy atom. The second-order valence-corrected chi connectivity index (χ2v) is 7.43. The van der Waals surface area contributed by atoms with Gasteiger partial charge in [0.2, 0.25) is 0 Å². The van der Waals surface area contributed by atoms with Crippen LogP contribution in [0, 0.1) is 17.6 Å².